The van der Waals surface area contributed by atoms with Crippen molar-refractivity contribution in [3.63, 3.8) is 0 Å². The van der Waals surface area contributed by atoms with Gasteiger partial charge in [-0.15, -0.1) is 10.2 Å². The molecule has 0 aliphatic carbocycles. The van der Waals surface area contributed by atoms with Gasteiger partial charge in [0.1, 0.15) is 10.0 Å². The molecular formula is C24H29N5OS. The molecule has 1 amide bonds. The van der Waals surface area contributed by atoms with Crippen molar-refractivity contribution in [3.05, 3.63) is 64.2 Å². The molecule has 0 unspecified atom stereocenters. The lowest BCUT2D eigenvalue weighted by molar-refractivity contribution is 0.0939. The molecule has 1 aliphatic rings. The molecular weight excluding hydrogens is 406 g/mol. The third-order valence-corrected chi connectivity index (χ3v) is 6.73. The number of carbonyl (C=O) groups is 1. The topological polar surface area (TPSA) is 61.4 Å². The molecule has 7 heteroatoms. The lowest BCUT2D eigenvalue weighted by Gasteiger charge is -2.34. The summed E-state index contributed by atoms with van der Waals surface area (Å²) in [5.74, 6) is -0.0434. The van der Waals surface area contributed by atoms with Crippen molar-refractivity contribution in [3.8, 4) is 10.6 Å². The highest BCUT2D eigenvalue weighted by molar-refractivity contribution is 7.14. The number of aromatic nitrogens is 2. The van der Waals surface area contributed by atoms with Crippen LogP contribution in [0.3, 0.4) is 0 Å². The molecule has 0 bridgehead atoms. The average molecular weight is 436 g/mol. The molecule has 1 aromatic heterocycles. The van der Waals surface area contributed by atoms with Crippen molar-refractivity contribution in [2.45, 2.75) is 26.8 Å². The SMILES string of the molecule is Cc1nnc(-c2cccc([C@@H](C)NC(=O)c3cc(N4CCN(C)CC4)ccc3C)c2)s1. The van der Waals surface area contributed by atoms with E-state index in [0.29, 0.717) is 0 Å². The van der Waals surface area contributed by atoms with Gasteiger partial charge >= 0.3 is 0 Å². The number of carbonyl (C=O) groups excluding carboxylic acids is 1. The fraction of sp³-hybridized carbons (Fsp3) is 0.375. The van der Waals surface area contributed by atoms with E-state index in [4.69, 9.17) is 0 Å². The number of hydrogen-bond acceptors (Lipinski definition) is 6. The third kappa shape index (κ3) is 4.94. The van der Waals surface area contributed by atoms with Crippen LogP contribution in [0.4, 0.5) is 5.69 Å². The summed E-state index contributed by atoms with van der Waals surface area (Å²) in [6.07, 6.45) is 0. The van der Waals surface area contributed by atoms with Gasteiger partial charge < -0.3 is 15.1 Å². The van der Waals surface area contributed by atoms with E-state index < -0.39 is 0 Å². The van der Waals surface area contributed by atoms with E-state index in [1.54, 1.807) is 11.3 Å². The summed E-state index contributed by atoms with van der Waals surface area (Å²) in [6, 6.07) is 14.2. The van der Waals surface area contributed by atoms with Gasteiger partial charge in [-0.05, 0) is 57.1 Å². The molecule has 162 valence electrons. The monoisotopic (exact) mass is 435 g/mol. The Kier molecular flexibility index (Phi) is 6.34. The van der Waals surface area contributed by atoms with E-state index >= 15 is 0 Å². The normalized spacial score (nSPS) is 15.7. The van der Waals surface area contributed by atoms with Gasteiger partial charge in [0, 0.05) is 43.0 Å². The molecule has 31 heavy (non-hydrogen) atoms. The average Bonchev–Trinajstić information content (AvgIpc) is 3.21. The second-order valence-corrected chi connectivity index (χ2v) is 9.42. The molecule has 1 aliphatic heterocycles. The van der Waals surface area contributed by atoms with Crippen LogP contribution in [0, 0.1) is 13.8 Å². The summed E-state index contributed by atoms with van der Waals surface area (Å²) in [6.45, 7) is 10.00. The highest BCUT2D eigenvalue weighted by atomic mass is 32.1. The zero-order valence-electron chi connectivity index (χ0n) is 18.6. The molecule has 1 saturated heterocycles. The van der Waals surface area contributed by atoms with Gasteiger partial charge in [-0.2, -0.15) is 0 Å². The number of nitrogens with zero attached hydrogens (tertiary/aromatic N) is 4. The summed E-state index contributed by atoms with van der Waals surface area (Å²) in [5, 5.41) is 13.4. The molecule has 1 N–H and O–H groups in total. The number of anilines is 1. The van der Waals surface area contributed by atoms with E-state index in [1.165, 1.54) is 0 Å². The lowest BCUT2D eigenvalue weighted by atomic mass is 10.0. The lowest BCUT2D eigenvalue weighted by Crippen LogP contribution is -2.44. The second-order valence-electron chi connectivity index (χ2n) is 8.24. The molecule has 0 saturated carbocycles. The number of benzene rings is 2. The second kappa shape index (κ2) is 9.16. The first-order valence-corrected chi connectivity index (χ1v) is 11.5. The van der Waals surface area contributed by atoms with Gasteiger partial charge in [-0.1, -0.05) is 35.6 Å². The number of amides is 1. The summed E-state index contributed by atoms with van der Waals surface area (Å²) >= 11 is 1.57. The molecule has 1 atom stereocenters. The molecule has 0 radical (unpaired) electrons. The number of piperazine rings is 1. The van der Waals surface area contributed by atoms with Gasteiger partial charge in [-0.3, -0.25) is 4.79 Å². The maximum Gasteiger partial charge on any atom is 0.252 e. The molecule has 2 heterocycles. The zero-order chi connectivity index (χ0) is 22.0. The van der Waals surface area contributed by atoms with E-state index in [-0.39, 0.29) is 11.9 Å². The molecule has 3 aromatic rings. The maximum atomic E-state index is 13.1. The van der Waals surface area contributed by atoms with Crippen molar-refractivity contribution in [1.82, 2.24) is 20.4 Å². The van der Waals surface area contributed by atoms with Crippen molar-refractivity contribution in [1.29, 1.82) is 0 Å². The highest BCUT2D eigenvalue weighted by Crippen LogP contribution is 2.26. The smallest absolute Gasteiger partial charge is 0.252 e. The number of nitrogens with one attached hydrogen (secondary N) is 1. The van der Waals surface area contributed by atoms with Crippen molar-refractivity contribution >= 4 is 22.9 Å². The summed E-state index contributed by atoms with van der Waals surface area (Å²) in [7, 11) is 2.15. The number of hydrogen-bond donors (Lipinski definition) is 1. The molecule has 1 fully saturated rings. The van der Waals surface area contributed by atoms with Gasteiger partial charge in [0.15, 0.2) is 0 Å². The molecule has 6 nitrogen and oxygen atoms in total. The van der Waals surface area contributed by atoms with Crippen LogP contribution in [0.25, 0.3) is 10.6 Å². The number of likely N-dealkylation sites (N-methyl/N-ethyl adjacent to an activating group) is 1. The minimum atomic E-state index is -0.117. The van der Waals surface area contributed by atoms with Crippen molar-refractivity contribution in [2.75, 3.05) is 38.1 Å². The Labute approximate surface area is 187 Å². The van der Waals surface area contributed by atoms with E-state index in [1.807, 2.05) is 51.1 Å². The van der Waals surface area contributed by atoms with Crippen molar-refractivity contribution in [2.24, 2.45) is 0 Å². The Balaban J connectivity index is 1.50. The minimum Gasteiger partial charge on any atom is -0.369 e. The van der Waals surface area contributed by atoms with Crippen LogP contribution in [-0.4, -0.2) is 54.2 Å². The Bertz CT molecular complexity index is 1070. The zero-order valence-corrected chi connectivity index (χ0v) is 19.4. The van der Waals surface area contributed by atoms with Crippen molar-refractivity contribution < 1.29 is 4.79 Å². The standard InChI is InChI=1S/C24H29N5OS/c1-16-8-9-21(29-12-10-28(4)11-13-29)15-22(16)23(30)25-17(2)19-6-5-7-20(14-19)24-27-26-18(3)31-24/h5-9,14-15,17H,10-13H2,1-4H3,(H,25,30)/t17-/m1/s1. The molecule has 0 spiro atoms. The predicted octanol–water partition coefficient (Wildman–Crippen LogP) is 4.06. The summed E-state index contributed by atoms with van der Waals surface area (Å²) in [4.78, 5) is 17.8. The Hall–Kier alpha value is -2.77. The summed E-state index contributed by atoms with van der Waals surface area (Å²) < 4.78 is 0. The van der Waals surface area contributed by atoms with Gasteiger partial charge in [-0.25, -0.2) is 0 Å². The number of aryl methyl sites for hydroxylation is 2. The predicted molar refractivity (Wildman–Crippen MR) is 127 cm³/mol. The van der Waals surface area contributed by atoms with Crippen LogP contribution in [0.2, 0.25) is 0 Å². The van der Waals surface area contributed by atoms with Crippen LogP contribution >= 0.6 is 11.3 Å². The fourth-order valence-corrected chi connectivity index (χ4v) is 4.52. The van der Waals surface area contributed by atoms with Gasteiger partial charge in [0.2, 0.25) is 0 Å². The first-order valence-electron chi connectivity index (χ1n) is 10.7. The Morgan fingerprint density at radius 3 is 2.55 bits per heavy atom. The van der Waals surface area contributed by atoms with Crippen LogP contribution in [-0.2, 0) is 0 Å². The third-order valence-electron chi connectivity index (χ3n) is 5.84. The van der Waals surface area contributed by atoms with E-state index in [2.05, 4.69) is 44.5 Å². The highest BCUT2D eigenvalue weighted by Gasteiger charge is 2.19. The van der Waals surface area contributed by atoms with Crippen LogP contribution in [0.15, 0.2) is 42.5 Å². The van der Waals surface area contributed by atoms with Gasteiger partial charge in [0.05, 0.1) is 6.04 Å². The Morgan fingerprint density at radius 2 is 1.84 bits per heavy atom. The quantitative estimate of drug-likeness (QED) is 0.655. The summed E-state index contributed by atoms with van der Waals surface area (Å²) in [5.41, 5.74) is 4.91. The maximum absolute atomic E-state index is 13.1. The van der Waals surface area contributed by atoms with Crippen LogP contribution in [0.5, 0.6) is 0 Å². The van der Waals surface area contributed by atoms with Crippen LogP contribution in [0.1, 0.15) is 39.5 Å². The first-order chi connectivity index (χ1) is 14.9. The largest absolute Gasteiger partial charge is 0.369 e. The number of rotatable bonds is 5. The van der Waals surface area contributed by atoms with Gasteiger partial charge in [0.25, 0.3) is 5.91 Å². The van der Waals surface area contributed by atoms with E-state index in [0.717, 1.165) is 64.1 Å². The molecule has 4 rings (SSSR count). The Morgan fingerprint density at radius 1 is 1.06 bits per heavy atom. The van der Waals surface area contributed by atoms with Crippen LogP contribution < -0.4 is 10.2 Å². The minimum absolute atomic E-state index is 0.0434. The molecule has 2 aromatic carbocycles. The van der Waals surface area contributed by atoms with E-state index in [9.17, 15) is 4.79 Å². The fourth-order valence-electron chi connectivity index (χ4n) is 3.83. The first kappa shape index (κ1) is 21.5.